The number of hydrogen-bond acceptors (Lipinski definition) is 3. The van der Waals surface area contributed by atoms with Crippen LogP contribution in [0.25, 0.3) is 10.9 Å². The molecule has 0 aliphatic carbocycles. The van der Waals surface area contributed by atoms with E-state index < -0.39 is 0 Å². The molecular weight excluding hydrogens is 342 g/mol. The lowest BCUT2D eigenvalue weighted by molar-refractivity contribution is -0.138. The highest BCUT2D eigenvalue weighted by atomic mass is 32.2. The first-order valence-electron chi connectivity index (χ1n) is 8.62. The van der Waals surface area contributed by atoms with Gasteiger partial charge in [-0.3, -0.25) is 0 Å². The minimum Gasteiger partial charge on any atom is -0.461 e. The van der Waals surface area contributed by atoms with Crippen LogP contribution in [-0.2, 0) is 21.3 Å². The summed E-state index contributed by atoms with van der Waals surface area (Å²) >= 11 is 1.72. The molecule has 0 radical (unpaired) electrons. The summed E-state index contributed by atoms with van der Waals surface area (Å²) in [5.41, 5.74) is 2.32. The number of hydrogen-bond donors (Lipinski definition) is 0. The second-order valence-corrected chi connectivity index (χ2v) is 7.93. The fraction of sp³-hybridized carbons (Fsp3) is 0.227. The number of esters is 1. The largest absolute Gasteiger partial charge is 0.461 e. The van der Waals surface area contributed by atoms with Crippen molar-refractivity contribution in [1.82, 2.24) is 4.57 Å². The molecule has 0 bridgehead atoms. The number of para-hydroxylation sites is 1. The molecule has 0 spiro atoms. The standard InChI is InChI=1S/C22H23NO2S/c1-4-10-21(24)25-16-22(2,18-12-6-5-7-13-18)26-20-15-17-11-8-9-14-19(17)23(20)3/h4-15H,16H2,1-3H3/b10-4+. The molecule has 0 saturated heterocycles. The molecule has 3 aromatic rings. The molecule has 1 atom stereocenters. The molecule has 0 N–H and O–H groups in total. The highest BCUT2D eigenvalue weighted by molar-refractivity contribution is 8.00. The van der Waals surface area contributed by atoms with E-state index in [-0.39, 0.29) is 10.7 Å². The van der Waals surface area contributed by atoms with E-state index in [9.17, 15) is 4.79 Å². The number of allylic oxidation sites excluding steroid dienone is 1. The van der Waals surface area contributed by atoms with Crippen LogP contribution in [0.3, 0.4) is 0 Å². The van der Waals surface area contributed by atoms with E-state index in [4.69, 9.17) is 4.74 Å². The number of carbonyl (C=O) groups excluding carboxylic acids is 1. The van der Waals surface area contributed by atoms with Gasteiger partial charge in [0.1, 0.15) is 6.61 Å². The van der Waals surface area contributed by atoms with Crippen LogP contribution in [0, 0.1) is 0 Å². The van der Waals surface area contributed by atoms with Crippen LogP contribution in [0.5, 0.6) is 0 Å². The van der Waals surface area contributed by atoms with Gasteiger partial charge < -0.3 is 9.30 Å². The van der Waals surface area contributed by atoms with Gasteiger partial charge in [-0.15, -0.1) is 0 Å². The van der Waals surface area contributed by atoms with E-state index in [1.54, 1.807) is 17.8 Å². The molecule has 1 heterocycles. The molecule has 4 heteroatoms. The number of aryl methyl sites for hydroxylation is 1. The summed E-state index contributed by atoms with van der Waals surface area (Å²) in [6.45, 7) is 4.22. The van der Waals surface area contributed by atoms with Gasteiger partial charge in [-0.25, -0.2) is 4.79 Å². The third kappa shape index (κ3) is 3.86. The molecule has 134 valence electrons. The molecule has 0 amide bonds. The lowest BCUT2D eigenvalue weighted by atomic mass is 10.0. The van der Waals surface area contributed by atoms with Crippen molar-refractivity contribution in [3.63, 3.8) is 0 Å². The number of thioether (sulfide) groups is 1. The summed E-state index contributed by atoms with van der Waals surface area (Å²) in [6, 6.07) is 20.7. The zero-order valence-corrected chi connectivity index (χ0v) is 16.1. The fourth-order valence-corrected chi connectivity index (χ4v) is 4.20. The van der Waals surface area contributed by atoms with Gasteiger partial charge >= 0.3 is 5.97 Å². The molecule has 0 saturated carbocycles. The zero-order chi connectivity index (χ0) is 18.6. The monoisotopic (exact) mass is 365 g/mol. The molecule has 2 aromatic carbocycles. The van der Waals surface area contributed by atoms with Gasteiger partial charge in [0.15, 0.2) is 0 Å². The topological polar surface area (TPSA) is 31.2 Å². The van der Waals surface area contributed by atoms with Gasteiger partial charge in [-0.05, 0) is 31.5 Å². The van der Waals surface area contributed by atoms with E-state index >= 15 is 0 Å². The van der Waals surface area contributed by atoms with E-state index in [0.717, 1.165) is 10.6 Å². The third-order valence-corrected chi connectivity index (χ3v) is 5.82. The highest BCUT2D eigenvalue weighted by Crippen LogP contribution is 2.43. The predicted molar refractivity (Wildman–Crippen MR) is 108 cm³/mol. The number of benzene rings is 2. The Morgan fingerprint density at radius 2 is 1.85 bits per heavy atom. The normalized spacial score (nSPS) is 13.8. The van der Waals surface area contributed by atoms with E-state index in [0.29, 0.717) is 6.61 Å². The maximum atomic E-state index is 11.9. The van der Waals surface area contributed by atoms with E-state index in [1.165, 1.54) is 17.0 Å². The molecule has 0 fully saturated rings. The number of nitrogens with zero attached hydrogens (tertiary/aromatic N) is 1. The minimum absolute atomic E-state index is 0.298. The van der Waals surface area contributed by atoms with Gasteiger partial charge in [-0.1, -0.05) is 66.4 Å². The van der Waals surface area contributed by atoms with Gasteiger partial charge in [-0.2, -0.15) is 0 Å². The highest BCUT2D eigenvalue weighted by Gasteiger charge is 2.31. The number of aromatic nitrogens is 1. The fourth-order valence-electron chi connectivity index (χ4n) is 2.95. The van der Waals surface area contributed by atoms with Crippen molar-refractivity contribution in [1.29, 1.82) is 0 Å². The van der Waals surface area contributed by atoms with Crippen LogP contribution >= 0.6 is 11.8 Å². The predicted octanol–water partition coefficient (Wildman–Crippen LogP) is 5.31. The maximum Gasteiger partial charge on any atom is 0.330 e. The van der Waals surface area contributed by atoms with Crippen LogP contribution < -0.4 is 0 Å². The molecule has 1 unspecified atom stereocenters. The summed E-state index contributed by atoms with van der Waals surface area (Å²) < 4.78 is 7.33. The Hall–Kier alpha value is -2.46. The molecular formula is C22H23NO2S. The van der Waals surface area contributed by atoms with E-state index in [2.05, 4.69) is 48.9 Å². The Labute approximate surface area is 158 Å². The lowest BCUT2D eigenvalue weighted by Crippen LogP contribution is -2.26. The molecule has 1 aromatic heterocycles. The second kappa shape index (κ2) is 7.83. The van der Waals surface area contributed by atoms with E-state index in [1.807, 2.05) is 37.3 Å². The number of rotatable bonds is 6. The van der Waals surface area contributed by atoms with Gasteiger partial charge in [0.25, 0.3) is 0 Å². The summed E-state index contributed by atoms with van der Waals surface area (Å²) in [6.07, 6.45) is 3.14. The van der Waals surface area contributed by atoms with Crippen molar-refractivity contribution in [2.24, 2.45) is 7.05 Å². The number of fused-ring (bicyclic) bond motifs is 1. The summed E-state index contributed by atoms with van der Waals surface area (Å²) in [7, 11) is 2.07. The van der Waals surface area contributed by atoms with Crippen LogP contribution in [0.4, 0.5) is 0 Å². The smallest absolute Gasteiger partial charge is 0.330 e. The minimum atomic E-state index is -0.388. The van der Waals surface area contributed by atoms with Crippen molar-refractivity contribution in [2.45, 2.75) is 23.6 Å². The van der Waals surface area contributed by atoms with Crippen LogP contribution in [0.15, 0.2) is 77.8 Å². The Morgan fingerprint density at radius 3 is 2.54 bits per heavy atom. The van der Waals surface area contributed by atoms with Crippen LogP contribution in [-0.4, -0.2) is 17.1 Å². The first kappa shape index (κ1) is 18.3. The van der Waals surface area contributed by atoms with Gasteiger partial charge in [0.05, 0.1) is 9.77 Å². The van der Waals surface area contributed by atoms with Crippen LogP contribution in [0.1, 0.15) is 19.4 Å². The molecule has 0 aliphatic rings. The molecule has 3 rings (SSSR count). The molecule has 26 heavy (non-hydrogen) atoms. The van der Waals surface area contributed by atoms with Crippen molar-refractivity contribution in [3.05, 3.63) is 78.4 Å². The average Bonchev–Trinajstić information content (AvgIpc) is 2.97. The summed E-state index contributed by atoms with van der Waals surface area (Å²) in [5.74, 6) is -0.313. The second-order valence-electron chi connectivity index (χ2n) is 6.41. The summed E-state index contributed by atoms with van der Waals surface area (Å²) in [5, 5.41) is 2.35. The Bertz CT molecular complexity index is 930. The van der Waals surface area contributed by atoms with Gasteiger partial charge in [0.2, 0.25) is 0 Å². The van der Waals surface area contributed by atoms with Crippen molar-refractivity contribution in [2.75, 3.05) is 6.61 Å². The lowest BCUT2D eigenvalue weighted by Gasteiger charge is -2.29. The molecule has 3 nitrogen and oxygen atoms in total. The Kier molecular flexibility index (Phi) is 5.52. The maximum absolute atomic E-state index is 11.9. The average molecular weight is 365 g/mol. The number of ether oxygens (including phenoxy) is 1. The summed E-state index contributed by atoms with van der Waals surface area (Å²) in [4.78, 5) is 11.9. The SMILES string of the molecule is C/C=C/C(=O)OCC(C)(Sc1cc2ccccc2n1C)c1ccccc1. The Balaban J connectivity index is 1.94. The first-order valence-corrected chi connectivity index (χ1v) is 9.43. The van der Waals surface area contributed by atoms with Gasteiger partial charge in [0, 0.05) is 24.0 Å². The zero-order valence-electron chi connectivity index (χ0n) is 15.3. The Morgan fingerprint density at radius 1 is 1.15 bits per heavy atom. The quantitative estimate of drug-likeness (QED) is 0.337. The van der Waals surface area contributed by atoms with Crippen molar-refractivity contribution >= 4 is 28.6 Å². The van der Waals surface area contributed by atoms with Crippen molar-refractivity contribution in [3.8, 4) is 0 Å². The van der Waals surface area contributed by atoms with Crippen LogP contribution in [0.2, 0.25) is 0 Å². The van der Waals surface area contributed by atoms with Crippen molar-refractivity contribution < 1.29 is 9.53 Å². The first-order chi connectivity index (χ1) is 12.5. The molecule has 0 aliphatic heterocycles. The number of carbonyl (C=O) groups is 1. The third-order valence-electron chi connectivity index (χ3n) is 4.41.